The van der Waals surface area contributed by atoms with Gasteiger partial charge >= 0.3 is 5.69 Å². The van der Waals surface area contributed by atoms with E-state index in [-0.39, 0.29) is 5.69 Å². The van der Waals surface area contributed by atoms with Crippen LogP contribution in [0.1, 0.15) is 17.0 Å². The van der Waals surface area contributed by atoms with Gasteiger partial charge in [-0.15, -0.1) is 0 Å². The van der Waals surface area contributed by atoms with Gasteiger partial charge in [0.15, 0.2) is 0 Å². The minimum absolute atomic E-state index is 0.0320. The first-order chi connectivity index (χ1) is 8.08. The van der Waals surface area contributed by atoms with E-state index in [2.05, 4.69) is 4.98 Å². The molecule has 2 rings (SSSR count). The molecule has 90 valence electrons. The van der Waals surface area contributed by atoms with Crippen LogP contribution in [0, 0.1) is 13.8 Å². The number of aromatic amines is 1. The van der Waals surface area contributed by atoms with E-state index >= 15 is 0 Å². The highest BCUT2D eigenvalue weighted by atomic mass is 16.1. The second-order valence-corrected chi connectivity index (χ2v) is 4.28. The normalized spacial score (nSPS) is 10.7. The minimum atomic E-state index is -0.0320. The van der Waals surface area contributed by atoms with Gasteiger partial charge in [-0.05, 0) is 38.0 Å². The summed E-state index contributed by atoms with van der Waals surface area (Å²) in [6.07, 6.45) is 0.832. The molecule has 17 heavy (non-hydrogen) atoms. The molecule has 1 aromatic heterocycles. The third-order valence-electron chi connectivity index (χ3n) is 3.09. The fourth-order valence-electron chi connectivity index (χ4n) is 1.87. The van der Waals surface area contributed by atoms with Crippen molar-refractivity contribution in [2.24, 2.45) is 0 Å². The van der Waals surface area contributed by atoms with Gasteiger partial charge in [0.1, 0.15) is 0 Å². The Hall–Kier alpha value is -1.97. The minimum Gasteiger partial charge on any atom is -0.399 e. The molecule has 0 aliphatic rings. The van der Waals surface area contributed by atoms with Gasteiger partial charge in [-0.3, -0.25) is 4.57 Å². The molecular weight excluding hydrogens is 214 g/mol. The molecule has 4 nitrogen and oxygen atoms in total. The van der Waals surface area contributed by atoms with Crippen LogP contribution in [-0.4, -0.2) is 9.55 Å². The van der Waals surface area contributed by atoms with Crippen LogP contribution in [0.2, 0.25) is 0 Å². The Morgan fingerprint density at radius 3 is 2.41 bits per heavy atom. The van der Waals surface area contributed by atoms with Gasteiger partial charge in [0.25, 0.3) is 0 Å². The van der Waals surface area contributed by atoms with Crippen molar-refractivity contribution in [1.29, 1.82) is 0 Å². The first-order valence-electron chi connectivity index (χ1n) is 5.68. The lowest BCUT2D eigenvalue weighted by Crippen LogP contribution is -2.19. The lowest BCUT2D eigenvalue weighted by Gasteiger charge is -2.05. The summed E-state index contributed by atoms with van der Waals surface area (Å²) in [5.41, 5.74) is 9.48. The van der Waals surface area contributed by atoms with Crippen LogP contribution in [0.5, 0.6) is 0 Å². The van der Waals surface area contributed by atoms with Crippen molar-refractivity contribution in [2.45, 2.75) is 26.8 Å². The molecule has 3 N–H and O–H groups in total. The number of H-pyrrole nitrogens is 1. The standard InChI is InChI=1S/C13H17N3O/c1-9-10(2)16(13(17)15-9)8-7-11-3-5-12(14)6-4-11/h3-6H,7-8,14H2,1-2H3,(H,15,17). The van der Waals surface area contributed by atoms with Crippen LogP contribution in [-0.2, 0) is 13.0 Å². The van der Waals surface area contributed by atoms with E-state index in [4.69, 9.17) is 5.73 Å². The SMILES string of the molecule is Cc1[nH]c(=O)n(CCc2ccc(N)cc2)c1C. The molecule has 0 saturated heterocycles. The van der Waals surface area contributed by atoms with E-state index in [0.29, 0.717) is 6.54 Å². The van der Waals surface area contributed by atoms with Gasteiger partial charge in [-0.1, -0.05) is 12.1 Å². The Morgan fingerprint density at radius 1 is 1.24 bits per heavy atom. The highest BCUT2D eigenvalue weighted by molar-refractivity contribution is 5.39. The van der Waals surface area contributed by atoms with E-state index in [1.807, 2.05) is 38.1 Å². The molecule has 0 saturated carbocycles. The van der Waals surface area contributed by atoms with E-state index in [1.54, 1.807) is 4.57 Å². The maximum absolute atomic E-state index is 11.6. The molecule has 2 aromatic rings. The Morgan fingerprint density at radius 2 is 1.88 bits per heavy atom. The lowest BCUT2D eigenvalue weighted by atomic mass is 10.1. The van der Waals surface area contributed by atoms with Crippen molar-refractivity contribution in [1.82, 2.24) is 9.55 Å². The number of nitrogens with zero attached hydrogens (tertiary/aromatic N) is 1. The van der Waals surface area contributed by atoms with Crippen molar-refractivity contribution in [3.05, 3.63) is 51.7 Å². The summed E-state index contributed by atoms with van der Waals surface area (Å²) in [5.74, 6) is 0. The molecule has 0 amide bonds. The maximum Gasteiger partial charge on any atom is 0.325 e. The quantitative estimate of drug-likeness (QED) is 0.788. The van der Waals surface area contributed by atoms with Crippen molar-refractivity contribution >= 4 is 5.69 Å². The van der Waals surface area contributed by atoms with Crippen molar-refractivity contribution in [3.8, 4) is 0 Å². The summed E-state index contributed by atoms with van der Waals surface area (Å²) < 4.78 is 1.77. The van der Waals surface area contributed by atoms with Crippen LogP contribution in [0.25, 0.3) is 0 Å². The number of nitrogens with one attached hydrogen (secondary N) is 1. The number of nitrogens with two attached hydrogens (primary N) is 1. The largest absolute Gasteiger partial charge is 0.399 e. The molecule has 0 radical (unpaired) electrons. The Kier molecular flexibility index (Phi) is 3.04. The Bertz CT molecular complexity index is 563. The number of anilines is 1. The third-order valence-corrected chi connectivity index (χ3v) is 3.09. The predicted octanol–water partition coefficient (Wildman–Crippen LogP) is 1.62. The molecule has 0 aliphatic carbocycles. The molecule has 4 heteroatoms. The predicted molar refractivity (Wildman–Crippen MR) is 69.1 cm³/mol. The van der Waals surface area contributed by atoms with Gasteiger partial charge < -0.3 is 10.7 Å². The van der Waals surface area contributed by atoms with Crippen LogP contribution in [0.3, 0.4) is 0 Å². The maximum atomic E-state index is 11.6. The lowest BCUT2D eigenvalue weighted by molar-refractivity contribution is 0.654. The van der Waals surface area contributed by atoms with Gasteiger partial charge in [0, 0.05) is 23.6 Å². The number of hydrogen-bond donors (Lipinski definition) is 2. The number of aryl methyl sites for hydroxylation is 2. The van der Waals surface area contributed by atoms with Crippen molar-refractivity contribution < 1.29 is 0 Å². The molecule has 0 atom stereocenters. The van der Waals surface area contributed by atoms with E-state index in [0.717, 1.165) is 23.5 Å². The van der Waals surface area contributed by atoms with Crippen molar-refractivity contribution in [2.75, 3.05) is 5.73 Å². The van der Waals surface area contributed by atoms with Gasteiger partial charge in [-0.2, -0.15) is 0 Å². The molecule has 0 aliphatic heterocycles. The molecule has 1 heterocycles. The number of hydrogen-bond acceptors (Lipinski definition) is 2. The summed E-state index contributed by atoms with van der Waals surface area (Å²) in [6, 6.07) is 7.76. The van der Waals surface area contributed by atoms with Crippen molar-refractivity contribution in [3.63, 3.8) is 0 Å². The van der Waals surface area contributed by atoms with E-state index in [1.165, 1.54) is 5.56 Å². The summed E-state index contributed by atoms with van der Waals surface area (Å²) in [5, 5.41) is 0. The van der Waals surface area contributed by atoms with Crippen LogP contribution >= 0.6 is 0 Å². The molecule has 0 fully saturated rings. The highest BCUT2D eigenvalue weighted by Gasteiger charge is 2.05. The number of benzene rings is 1. The summed E-state index contributed by atoms with van der Waals surface area (Å²) in [4.78, 5) is 14.4. The number of nitrogen functional groups attached to an aromatic ring is 1. The van der Waals surface area contributed by atoms with Gasteiger partial charge in [-0.25, -0.2) is 4.79 Å². The molecule has 0 unspecified atom stereocenters. The molecule has 0 bridgehead atoms. The average molecular weight is 231 g/mol. The third kappa shape index (κ3) is 2.41. The number of rotatable bonds is 3. The fourth-order valence-corrected chi connectivity index (χ4v) is 1.87. The van der Waals surface area contributed by atoms with E-state index in [9.17, 15) is 4.79 Å². The van der Waals surface area contributed by atoms with Crippen LogP contribution < -0.4 is 11.4 Å². The highest BCUT2D eigenvalue weighted by Crippen LogP contribution is 2.08. The van der Waals surface area contributed by atoms with Crippen LogP contribution in [0.4, 0.5) is 5.69 Å². The fraction of sp³-hybridized carbons (Fsp3) is 0.308. The summed E-state index contributed by atoms with van der Waals surface area (Å²) in [7, 11) is 0. The molecule has 1 aromatic carbocycles. The average Bonchev–Trinajstić information content (AvgIpc) is 2.54. The number of aromatic nitrogens is 2. The number of imidazole rings is 1. The van der Waals surface area contributed by atoms with Crippen LogP contribution in [0.15, 0.2) is 29.1 Å². The van der Waals surface area contributed by atoms with Gasteiger partial charge in [0.05, 0.1) is 0 Å². The summed E-state index contributed by atoms with van der Waals surface area (Å²) >= 11 is 0. The topological polar surface area (TPSA) is 63.8 Å². The Labute approximate surface area is 100 Å². The smallest absolute Gasteiger partial charge is 0.325 e. The van der Waals surface area contributed by atoms with Gasteiger partial charge in [0.2, 0.25) is 0 Å². The van der Waals surface area contributed by atoms with E-state index < -0.39 is 0 Å². The second kappa shape index (κ2) is 4.49. The summed E-state index contributed by atoms with van der Waals surface area (Å²) in [6.45, 7) is 4.56. The second-order valence-electron chi connectivity index (χ2n) is 4.28. The Balaban J connectivity index is 2.12. The zero-order chi connectivity index (χ0) is 12.4. The molecule has 0 spiro atoms. The zero-order valence-electron chi connectivity index (χ0n) is 10.2. The monoisotopic (exact) mass is 231 g/mol. The first-order valence-corrected chi connectivity index (χ1v) is 5.68. The zero-order valence-corrected chi connectivity index (χ0v) is 10.2. The molecular formula is C13H17N3O. The first kappa shape index (κ1) is 11.5.